The quantitative estimate of drug-likeness (QED) is 0.456. The van der Waals surface area contributed by atoms with Crippen molar-refractivity contribution in [3.05, 3.63) is 0 Å². The summed E-state index contributed by atoms with van der Waals surface area (Å²) in [6.07, 6.45) is 1.89. The van der Waals surface area contributed by atoms with Crippen LogP contribution in [0.1, 0.15) is 39.5 Å². The van der Waals surface area contributed by atoms with E-state index < -0.39 is 0 Å². The Kier molecular flexibility index (Phi) is 13.0. The van der Waals surface area contributed by atoms with Crippen molar-refractivity contribution in [2.45, 2.75) is 39.5 Å². The van der Waals surface area contributed by atoms with E-state index in [0.717, 1.165) is 6.42 Å². The third kappa shape index (κ3) is 11.6. The van der Waals surface area contributed by atoms with E-state index in [4.69, 9.17) is 30.0 Å². The summed E-state index contributed by atoms with van der Waals surface area (Å²) >= 11 is 0. The predicted octanol–water partition coefficient (Wildman–Crippen LogP) is 2.81. The molecular formula is C17H27N3O3. The molecule has 0 aliphatic carbocycles. The summed E-state index contributed by atoms with van der Waals surface area (Å²) < 4.78 is 16.9. The maximum Gasteiger partial charge on any atom is 0.0645 e. The van der Waals surface area contributed by atoms with Crippen molar-refractivity contribution < 1.29 is 14.2 Å². The molecule has 0 N–H and O–H groups in total. The molecule has 0 aromatic rings. The van der Waals surface area contributed by atoms with Crippen LogP contribution in [0, 0.1) is 45.3 Å². The first-order chi connectivity index (χ1) is 11.1. The van der Waals surface area contributed by atoms with Gasteiger partial charge in [-0.25, -0.2) is 0 Å². The Morgan fingerprint density at radius 2 is 1.09 bits per heavy atom. The molecule has 0 bridgehead atoms. The number of rotatable bonds is 14. The Labute approximate surface area is 139 Å². The molecule has 0 heterocycles. The van der Waals surface area contributed by atoms with Crippen LogP contribution in [0.3, 0.4) is 0 Å². The van der Waals surface area contributed by atoms with Crippen LogP contribution < -0.4 is 0 Å². The number of nitrogens with zero attached hydrogens (tertiary/aromatic N) is 3. The highest BCUT2D eigenvalue weighted by Gasteiger charge is 2.32. The first-order valence-electron chi connectivity index (χ1n) is 7.94. The Balaban J connectivity index is 4.70. The molecule has 0 atom stereocenters. The van der Waals surface area contributed by atoms with Gasteiger partial charge in [-0.3, -0.25) is 0 Å². The molecule has 128 valence electrons. The van der Waals surface area contributed by atoms with Gasteiger partial charge in [0, 0.05) is 5.41 Å². The second-order valence-electron chi connectivity index (χ2n) is 5.98. The molecule has 0 fully saturated rings. The van der Waals surface area contributed by atoms with Crippen LogP contribution in [0.2, 0.25) is 0 Å². The summed E-state index contributed by atoms with van der Waals surface area (Å²) in [5, 5.41) is 25.8. The summed E-state index contributed by atoms with van der Waals surface area (Å²) in [4.78, 5) is 0. The van der Waals surface area contributed by atoms with Crippen LogP contribution in [0.5, 0.6) is 0 Å². The van der Waals surface area contributed by atoms with Crippen molar-refractivity contribution in [1.82, 2.24) is 0 Å². The summed E-state index contributed by atoms with van der Waals surface area (Å²) in [6.45, 7) is 6.69. The molecule has 0 aromatic heterocycles. The van der Waals surface area contributed by atoms with Crippen molar-refractivity contribution in [3.63, 3.8) is 0 Å². The first-order valence-corrected chi connectivity index (χ1v) is 7.94. The maximum absolute atomic E-state index is 8.60. The van der Waals surface area contributed by atoms with E-state index in [9.17, 15) is 0 Å². The van der Waals surface area contributed by atoms with Crippen molar-refractivity contribution in [2.24, 2.45) is 11.3 Å². The zero-order valence-corrected chi connectivity index (χ0v) is 14.2. The molecule has 0 radical (unpaired) electrons. The minimum atomic E-state index is -0.325. The van der Waals surface area contributed by atoms with Gasteiger partial charge in [0.15, 0.2) is 0 Å². The van der Waals surface area contributed by atoms with E-state index in [1.165, 1.54) is 0 Å². The lowest BCUT2D eigenvalue weighted by Crippen LogP contribution is -2.39. The molecule has 23 heavy (non-hydrogen) atoms. The predicted molar refractivity (Wildman–Crippen MR) is 85.0 cm³/mol. The van der Waals surface area contributed by atoms with Gasteiger partial charge in [0.25, 0.3) is 0 Å². The van der Waals surface area contributed by atoms with Gasteiger partial charge in [-0.05, 0) is 12.3 Å². The lowest BCUT2D eigenvalue weighted by molar-refractivity contribution is -0.0769. The van der Waals surface area contributed by atoms with Gasteiger partial charge in [-0.15, -0.1) is 0 Å². The van der Waals surface area contributed by atoms with Gasteiger partial charge in [0.1, 0.15) is 0 Å². The topological polar surface area (TPSA) is 99.1 Å². The third-order valence-electron chi connectivity index (χ3n) is 3.14. The van der Waals surface area contributed by atoms with Gasteiger partial charge >= 0.3 is 0 Å². The number of nitriles is 3. The van der Waals surface area contributed by atoms with Gasteiger partial charge in [0.2, 0.25) is 0 Å². The number of hydrogen-bond donors (Lipinski definition) is 0. The monoisotopic (exact) mass is 321 g/mol. The molecule has 0 aliphatic rings. The molecule has 0 amide bonds. The molecule has 6 nitrogen and oxygen atoms in total. The molecule has 6 heteroatoms. The molecule has 0 saturated heterocycles. The highest BCUT2D eigenvalue weighted by atomic mass is 16.5. The van der Waals surface area contributed by atoms with Crippen LogP contribution in [0.4, 0.5) is 0 Å². The molecule has 0 unspecified atom stereocenters. The molecule has 0 rings (SSSR count). The highest BCUT2D eigenvalue weighted by Crippen LogP contribution is 2.29. The molecule has 0 aromatic carbocycles. The van der Waals surface area contributed by atoms with E-state index in [1.807, 2.05) is 0 Å². The summed E-state index contributed by atoms with van der Waals surface area (Å²) in [6, 6.07) is 6.16. The van der Waals surface area contributed by atoms with Crippen LogP contribution in [0.25, 0.3) is 0 Å². The Morgan fingerprint density at radius 3 is 1.35 bits per heavy atom. The molecule has 0 saturated carbocycles. The Morgan fingerprint density at radius 1 is 0.739 bits per heavy atom. The summed E-state index contributed by atoms with van der Waals surface area (Å²) in [7, 11) is 0. The van der Waals surface area contributed by atoms with Crippen molar-refractivity contribution >= 4 is 0 Å². The summed E-state index contributed by atoms with van der Waals surface area (Å²) in [5.41, 5.74) is -0.325. The Hall–Kier alpha value is -1.65. The average Bonchev–Trinajstić information content (AvgIpc) is 2.52. The molecule has 0 aliphatic heterocycles. The fourth-order valence-electron chi connectivity index (χ4n) is 2.39. The normalized spacial score (nSPS) is 11.0. The van der Waals surface area contributed by atoms with Gasteiger partial charge in [0.05, 0.1) is 77.1 Å². The number of ether oxygens (including phenoxy) is 3. The highest BCUT2D eigenvalue weighted by molar-refractivity contribution is 4.82. The lowest BCUT2D eigenvalue weighted by Gasteiger charge is -2.34. The largest absolute Gasteiger partial charge is 0.380 e. The van der Waals surface area contributed by atoms with Crippen LogP contribution in [-0.2, 0) is 14.2 Å². The zero-order chi connectivity index (χ0) is 17.4. The minimum Gasteiger partial charge on any atom is -0.380 e. The van der Waals surface area contributed by atoms with Crippen molar-refractivity contribution in [2.75, 3.05) is 39.6 Å². The van der Waals surface area contributed by atoms with Crippen LogP contribution >= 0.6 is 0 Å². The smallest absolute Gasteiger partial charge is 0.0645 e. The van der Waals surface area contributed by atoms with E-state index in [0.29, 0.717) is 64.8 Å². The second-order valence-corrected chi connectivity index (χ2v) is 5.98. The van der Waals surface area contributed by atoms with Crippen LogP contribution in [-0.4, -0.2) is 39.6 Å². The summed E-state index contributed by atoms with van der Waals surface area (Å²) in [5.74, 6) is 0.425. The van der Waals surface area contributed by atoms with Crippen molar-refractivity contribution in [1.29, 1.82) is 15.8 Å². The van der Waals surface area contributed by atoms with Crippen LogP contribution in [0.15, 0.2) is 0 Å². The third-order valence-corrected chi connectivity index (χ3v) is 3.14. The van der Waals surface area contributed by atoms with E-state index >= 15 is 0 Å². The van der Waals surface area contributed by atoms with Crippen molar-refractivity contribution in [3.8, 4) is 18.2 Å². The fraction of sp³-hybridized carbons (Fsp3) is 0.824. The van der Waals surface area contributed by atoms with Gasteiger partial charge in [-0.1, -0.05) is 13.8 Å². The lowest BCUT2D eigenvalue weighted by atomic mass is 9.82. The Bertz CT molecular complexity index is 363. The molecular weight excluding hydrogens is 294 g/mol. The maximum atomic E-state index is 8.60. The van der Waals surface area contributed by atoms with Gasteiger partial charge < -0.3 is 14.2 Å². The molecule has 0 spiro atoms. The second kappa shape index (κ2) is 14.0. The SMILES string of the molecule is CC(C)CC(COCCC#N)(COCCC#N)COCCC#N. The minimum absolute atomic E-state index is 0.325. The standard InChI is InChI=1S/C17H27N3O3/c1-16(2)12-17(13-21-9-3-6-18,14-22-10-4-7-19)15-23-11-5-8-20/h16H,3-5,9-15H2,1-2H3. The first kappa shape index (κ1) is 21.4. The van der Waals surface area contributed by atoms with E-state index in [1.54, 1.807) is 0 Å². The zero-order valence-electron chi connectivity index (χ0n) is 14.2. The van der Waals surface area contributed by atoms with Gasteiger partial charge in [-0.2, -0.15) is 15.8 Å². The van der Waals surface area contributed by atoms with E-state index in [2.05, 4.69) is 32.1 Å². The number of hydrogen-bond acceptors (Lipinski definition) is 6. The average molecular weight is 321 g/mol. The van der Waals surface area contributed by atoms with E-state index in [-0.39, 0.29) is 5.41 Å². The fourth-order valence-corrected chi connectivity index (χ4v) is 2.39.